The maximum absolute atomic E-state index is 5.37. The van der Waals surface area contributed by atoms with Crippen LogP contribution in [-0.2, 0) is 0 Å². The molecule has 1 aliphatic heterocycles. The molecule has 1 N–H and O–H groups in total. The standard InChI is InChI=1S/C51H37N5/c1-5-18-34(19-6-1)37-24-17-25-38(32-37)42-33-45-46(47-41-29-14-15-30-43(41)55(48(42)47)39-26-11-4-12-27-39)40-28-13-16-31-44(40)56(45)51-53-49(35-20-7-2-8-21-35)52-50(54-51)36-22-9-3-10-23-36/h1-2,4-9,11-33,49H,3,10H2,(H,52,53,54). The summed E-state index contributed by atoms with van der Waals surface area (Å²) in [5, 5.41) is 8.61. The van der Waals surface area contributed by atoms with Crippen molar-refractivity contribution in [3.05, 3.63) is 199 Å². The molecule has 1 unspecified atom stereocenters. The van der Waals surface area contributed by atoms with E-state index in [1.54, 1.807) is 0 Å². The van der Waals surface area contributed by atoms with E-state index < -0.39 is 0 Å². The summed E-state index contributed by atoms with van der Waals surface area (Å²) in [5.74, 6) is 1.50. The normalized spacial score (nSPS) is 15.6. The van der Waals surface area contributed by atoms with Crippen LogP contribution in [0, 0.1) is 0 Å². The van der Waals surface area contributed by atoms with E-state index in [0.29, 0.717) is 0 Å². The predicted octanol–water partition coefficient (Wildman–Crippen LogP) is 12.4. The van der Waals surface area contributed by atoms with E-state index >= 15 is 0 Å². The van der Waals surface area contributed by atoms with E-state index in [1.807, 2.05) is 0 Å². The fraction of sp³-hybridized carbons (Fsp3) is 0.0588. The van der Waals surface area contributed by atoms with Crippen LogP contribution in [0.5, 0.6) is 0 Å². The van der Waals surface area contributed by atoms with Crippen LogP contribution in [0.1, 0.15) is 24.6 Å². The molecule has 0 bridgehead atoms. The lowest BCUT2D eigenvalue weighted by Gasteiger charge is -2.25. The molecule has 0 saturated carbocycles. The average Bonchev–Trinajstić information content (AvgIpc) is 3.80. The highest BCUT2D eigenvalue weighted by atomic mass is 15.3. The molecule has 266 valence electrons. The molecule has 7 aromatic carbocycles. The molecule has 0 fully saturated rings. The first-order valence-corrected chi connectivity index (χ1v) is 19.4. The summed E-state index contributed by atoms with van der Waals surface area (Å²) in [5.41, 5.74) is 12.5. The van der Waals surface area contributed by atoms with Crippen LogP contribution in [0.3, 0.4) is 0 Å². The minimum absolute atomic E-state index is 0.308. The number of hydrogen-bond acceptors (Lipinski definition) is 3. The monoisotopic (exact) mass is 719 g/mol. The first-order valence-electron chi connectivity index (χ1n) is 19.4. The molecule has 1 aliphatic carbocycles. The molecule has 0 amide bonds. The van der Waals surface area contributed by atoms with Crippen molar-refractivity contribution < 1.29 is 0 Å². The van der Waals surface area contributed by atoms with Crippen molar-refractivity contribution in [1.29, 1.82) is 0 Å². The average molecular weight is 720 g/mol. The van der Waals surface area contributed by atoms with Crippen LogP contribution in [0.4, 0.5) is 0 Å². The van der Waals surface area contributed by atoms with Gasteiger partial charge in [-0.3, -0.25) is 4.57 Å². The van der Waals surface area contributed by atoms with Crippen LogP contribution >= 0.6 is 0 Å². The Bertz CT molecular complexity index is 3090. The van der Waals surface area contributed by atoms with Gasteiger partial charge in [0.05, 0.1) is 22.1 Å². The highest BCUT2D eigenvalue weighted by Gasteiger charge is 2.28. The van der Waals surface area contributed by atoms with Gasteiger partial charge in [0.25, 0.3) is 0 Å². The third-order valence-electron chi connectivity index (χ3n) is 11.2. The van der Waals surface area contributed by atoms with E-state index in [0.717, 1.165) is 63.6 Å². The van der Waals surface area contributed by atoms with Crippen molar-refractivity contribution in [3.63, 3.8) is 0 Å². The van der Waals surface area contributed by atoms with Gasteiger partial charge < -0.3 is 9.88 Å². The molecule has 5 nitrogen and oxygen atoms in total. The molecule has 9 aromatic rings. The van der Waals surface area contributed by atoms with Crippen LogP contribution in [0.2, 0.25) is 0 Å². The Morgan fingerprint density at radius 2 is 1.18 bits per heavy atom. The van der Waals surface area contributed by atoms with E-state index in [4.69, 9.17) is 9.98 Å². The largest absolute Gasteiger partial charge is 0.330 e. The van der Waals surface area contributed by atoms with Crippen molar-refractivity contribution in [3.8, 4) is 27.9 Å². The maximum atomic E-state index is 5.37. The quantitative estimate of drug-likeness (QED) is 0.189. The number of nitrogens with one attached hydrogen (secondary N) is 1. The molecule has 11 rings (SSSR count). The van der Waals surface area contributed by atoms with Crippen molar-refractivity contribution in [1.82, 2.24) is 14.5 Å². The Kier molecular flexibility index (Phi) is 7.62. The van der Waals surface area contributed by atoms with Crippen LogP contribution in [0.25, 0.3) is 71.6 Å². The van der Waals surface area contributed by atoms with Gasteiger partial charge in [-0.05, 0) is 71.5 Å². The molecule has 2 aromatic heterocycles. The number of aromatic nitrogens is 2. The van der Waals surface area contributed by atoms with E-state index in [1.165, 1.54) is 43.7 Å². The fourth-order valence-corrected chi connectivity index (χ4v) is 8.67. The minimum atomic E-state index is -0.308. The van der Waals surface area contributed by atoms with Gasteiger partial charge in [0.1, 0.15) is 6.17 Å². The van der Waals surface area contributed by atoms with E-state index in [-0.39, 0.29) is 6.17 Å². The van der Waals surface area contributed by atoms with Gasteiger partial charge in [-0.1, -0.05) is 152 Å². The molecule has 56 heavy (non-hydrogen) atoms. The predicted molar refractivity (Wildman–Crippen MR) is 234 cm³/mol. The summed E-state index contributed by atoms with van der Waals surface area (Å²) in [4.78, 5) is 10.6. The second kappa shape index (κ2) is 13.3. The summed E-state index contributed by atoms with van der Waals surface area (Å²) in [6.45, 7) is 0. The first kappa shape index (κ1) is 32.2. The van der Waals surface area contributed by atoms with Crippen LogP contribution in [-0.4, -0.2) is 20.9 Å². The molecule has 2 aliphatic rings. The zero-order valence-corrected chi connectivity index (χ0v) is 30.7. The highest BCUT2D eigenvalue weighted by Crippen LogP contribution is 2.46. The number of fused-ring (bicyclic) bond motifs is 7. The zero-order valence-electron chi connectivity index (χ0n) is 30.7. The van der Waals surface area contributed by atoms with Gasteiger partial charge in [-0.25, -0.2) is 4.99 Å². The highest BCUT2D eigenvalue weighted by molar-refractivity contribution is 6.33. The fourth-order valence-electron chi connectivity index (χ4n) is 8.67. The van der Waals surface area contributed by atoms with Crippen molar-refractivity contribution in [2.45, 2.75) is 19.0 Å². The van der Waals surface area contributed by atoms with Gasteiger partial charge >= 0.3 is 0 Å². The van der Waals surface area contributed by atoms with Crippen LogP contribution in [0.15, 0.2) is 204 Å². The number of benzene rings is 7. The maximum Gasteiger partial charge on any atom is 0.211 e. The third kappa shape index (κ3) is 5.24. The minimum Gasteiger partial charge on any atom is -0.330 e. The van der Waals surface area contributed by atoms with Gasteiger partial charge in [0.15, 0.2) is 5.84 Å². The molecular formula is C51H37N5. The number of nitrogens with zero attached hydrogens (tertiary/aromatic N) is 4. The lowest BCUT2D eigenvalue weighted by molar-refractivity contribution is 0.661. The molecule has 1 atom stereocenters. The molecule has 0 saturated heterocycles. The Hall–Kier alpha value is -7.24. The van der Waals surface area contributed by atoms with Crippen molar-refractivity contribution in [2.24, 2.45) is 9.98 Å². The third-order valence-corrected chi connectivity index (χ3v) is 11.2. The van der Waals surface area contributed by atoms with Crippen molar-refractivity contribution >= 4 is 55.4 Å². The molecular weight excluding hydrogens is 683 g/mol. The molecule has 3 heterocycles. The number of para-hydroxylation sites is 3. The molecule has 0 radical (unpaired) electrons. The van der Waals surface area contributed by atoms with Gasteiger partial charge in [0.2, 0.25) is 5.96 Å². The van der Waals surface area contributed by atoms with E-state index in [2.05, 4.69) is 203 Å². The molecule has 5 heteroatoms. The second-order valence-corrected chi connectivity index (χ2v) is 14.5. The van der Waals surface area contributed by atoms with Crippen molar-refractivity contribution in [2.75, 3.05) is 0 Å². The van der Waals surface area contributed by atoms with Gasteiger partial charge in [-0.2, -0.15) is 4.99 Å². The first-order chi connectivity index (χ1) is 27.8. The Morgan fingerprint density at radius 1 is 0.536 bits per heavy atom. The number of allylic oxidation sites excluding steroid dienone is 2. The van der Waals surface area contributed by atoms with Crippen LogP contribution < -0.4 is 5.32 Å². The summed E-state index contributed by atoms with van der Waals surface area (Å²) in [6, 6.07) is 60.9. The summed E-state index contributed by atoms with van der Waals surface area (Å²) >= 11 is 0. The number of aliphatic imine (C=N–C) groups is 2. The topological polar surface area (TPSA) is 46.6 Å². The Labute approximate surface area is 324 Å². The number of rotatable bonds is 5. The number of amidine groups is 1. The number of hydrogen-bond donors (Lipinski definition) is 1. The molecule has 0 spiro atoms. The Balaban J connectivity index is 1.27. The Morgan fingerprint density at radius 3 is 1.93 bits per heavy atom. The second-order valence-electron chi connectivity index (χ2n) is 14.5. The summed E-state index contributed by atoms with van der Waals surface area (Å²) in [6.07, 6.45) is 8.35. The van der Waals surface area contributed by atoms with E-state index in [9.17, 15) is 0 Å². The zero-order chi connectivity index (χ0) is 37.0. The van der Waals surface area contributed by atoms with Gasteiger partial charge in [-0.15, -0.1) is 0 Å². The SMILES string of the molecule is C1=CC(C2=NC(c3ccccc3)NC(n3c4ccccc4c4c5c6ccccc6n(-c6ccccc6)c5c(-c5cccc(-c6ccccc6)c5)cc43)=N2)=CCC1. The summed E-state index contributed by atoms with van der Waals surface area (Å²) in [7, 11) is 0. The lowest BCUT2D eigenvalue weighted by Crippen LogP contribution is -2.37. The lowest BCUT2D eigenvalue weighted by atomic mass is 9.95. The summed E-state index contributed by atoms with van der Waals surface area (Å²) < 4.78 is 4.79. The van der Waals surface area contributed by atoms with Gasteiger partial charge in [0, 0.05) is 38.4 Å². The smallest absolute Gasteiger partial charge is 0.211 e.